The van der Waals surface area contributed by atoms with Gasteiger partial charge in [-0.25, -0.2) is 0 Å². The molecule has 0 bridgehead atoms. The van der Waals surface area contributed by atoms with Gasteiger partial charge in [0, 0.05) is 12.5 Å². The average Bonchev–Trinajstić information content (AvgIpc) is 3.09. The number of aliphatic hydroxyl groups is 3. The minimum absolute atomic E-state index is 0.0466. The average molecular weight is 493 g/mol. The number of nitrogens with one attached hydrogen (secondary N) is 1. The van der Waals surface area contributed by atoms with Crippen LogP contribution in [-0.4, -0.2) is 57.3 Å². The maximum atomic E-state index is 11.9. The van der Waals surface area contributed by atoms with E-state index in [1.165, 1.54) is 5.56 Å². The Morgan fingerprint density at radius 2 is 1.91 bits per heavy atom. The van der Waals surface area contributed by atoms with E-state index in [-0.39, 0.29) is 24.3 Å². The molecule has 1 fully saturated rings. The van der Waals surface area contributed by atoms with Crippen LogP contribution in [0.3, 0.4) is 0 Å². The molecular formula is C26H40N2O7. The van der Waals surface area contributed by atoms with Crippen molar-refractivity contribution in [3.05, 3.63) is 58.2 Å². The molecule has 35 heavy (non-hydrogen) atoms. The quantitative estimate of drug-likeness (QED) is 0.120. The zero-order valence-corrected chi connectivity index (χ0v) is 20.5. The lowest BCUT2D eigenvalue weighted by Crippen LogP contribution is -2.36. The van der Waals surface area contributed by atoms with Gasteiger partial charge in [0.25, 0.3) is 5.09 Å². The van der Waals surface area contributed by atoms with Gasteiger partial charge < -0.3 is 25.5 Å². The van der Waals surface area contributed by atoms with Gasteiger partial charge in [-0.1, -0.05) is 42.5 Å². The van der Waals surface area contributed by atoms with Crippen LogP contribution in [0.25, 0.3) is 0 Å². The van der Waals surface area contributed by atoms with Gasteiger partial charge in [-0.3, -0.25) is 4.79 Å². The smallest absolute Gasteiger partial charge is 0.294 e. The normalized spacial score (nSPS) is 23.8. The Kier molecular flexibility index (Phi) is 12.7. The van der Waals surface area contributed by atoms with E-state index in [2.05, 4.69) is 10.2 Å². The summed E-state index contributed by atoms with van der Waals surface area (Å²) in [6.07, 6.45) is 7.83. The zero-order chi connectivity index (χ0) is 25.6. The summed E-state index contributed by atoms with van der Waals surface area (Å²) in [5.41, 5.74) is 1.20. The van der Waals surface area contributed by atoms with Crippen LogP contribution in [0, 0.1) is 22.0 Å². The Hall–Kier alpha value is -2.49. The molecule has 1 aliphatic rings. The number of rotatable bonds is 16. The minimum atomic E-state index is -0.882. The third-order valence-corrected chi connectivity index (χ3v) is 6.65. The lowest BCUT2D eigenvalue weighted by Gasteiger charge is -2.23. The van der Waals surface area contributed by atoms with E-state index in [9.17, 15) is 30.2 Å². The van der Waals surface area contributed by atoms with E-state index in [0.29, 0.717) is 51.4 Å². The lowest BCUT2D eigenvalue weighted by molar-refractivity contribution is -0.758. The molecule has 6 atom stereocenters. The first kappa shape index (κ1) is 28.7. The van der Waals surface area contributed by atoms with Crippen LogP contribution in [0.2, 0.25) is 0 Å². The van der Waals surface area contributed by atoms with Gasteiger partial charge in [0.1, 0.15) is 6.61 Å². The molecule has 1 aromatic carbocycles. The van der Waals surface area contributed by atoms with Crippen LogP contribution in [0.5, 0.6) is 0 Å². The van der Waals surface area contributed by atoms with Crippen molar-refractivity contribution in [3.8, 4) is 0 Å². The number of aryl methyl sites for hydroxylation is 1. The van der Waals surface area contributed by atoms with Crippen molar-refractivity contribution in [2.75, 3.05) is 6.61 Å². The predicted molar refractivity (Wildman–Crippen MR) is 132 cm³/mol. The van der Waals surface area contributed by atoms with Crippen molar-refractivity contribution < 1.29 is 30.0 Å². The zero-order valence-electron chi connectivity index (χ0n) is 20.5. The van der Waals surface area contributed by atoms with Crippen molar-refractivity contribution in [1.82, 2.24) is 5.32 Å². The minimum Gasteiger partial charge on any atom is -0.393 e. The van der Waals surface area contributed by atoms with E-state index in [1.807, 2.05) is 42.5 Å². The Morgan fingerprint density at radius 3 is 2.63 bits per heavy atom. The van der Waals surface area contributed by atoms with Gasteiger partial charge in [-0.2, -0.15) is 0 Å². The third-order valence-electron chi connectivity index (χ3n) is 6.65. The molecule has 4 N–H and O–H groups in total. The number of nitrogens with zero attached hydrogens (tertiary/aromatic N) is 1. The molecule has 0 aromatic heterocycles. The van der Waals surface area contributed by atoms with Gasteiger partial charge in [0.15, 0.2) is 0 Å². The maximum absolute atomic E-state index is 11.9. The summed E-state index contributed by atoms with van der Waals surface area (Å²) in [6.45, 7) is 1.46. The molecule has 0 saturated heterocycles. The number of allylic oxidation sites excluding steroid dienone is 2. The molecular weight excluding hydrogens is 452 g/mol. The van der Waals surface area contributed by atoms with Crippen LogP contribution in [0.15, 0.2) is 42.5 Å². The number of unbranched alkanes of at least 4 members (excludes halogenated alkanes) is 1. The summed E-state index contributed by atoms with van der Waals surface area (Å²) in [5.74, 6) is -0.277. The van der Waals surface area contributed by atoms with Crippen molar-refractivity contribution >= 4 is 5.91 Å². The molecule has 9 heteroatoms. The number of carbonyl (C=O) groups excluding carboxylic acids is 1. The third kappa shape index (κ3) is 11.2. The predicted octanol–water partition coefficient (Wildman–Crippen LogP) is 2.95. The Morgan fingerprint density at radius 1 is 1.20 bits per heavy atom. The molecule has 2 rings (SSSR count). The number of aliphatic hydroxyl groups excluding tert-OH is 3. The fourth-order valence-corrected chi connectivity index (χ4v) is 4.73. The molecule has 0 aliphatic heterocycles. The summed E-state index contributed by atoms with van der Waals surface area (Å²) in [5, 5.41) is 43.2. The highest BCUT2D eigenvalue weighted by Crippen LogP contribution is 2.38. The highest BCUT2D eigenvalue weighted by molar-refractivity contribution is 5.76. The second-order valence-electron chi connectivity index (χ2n) is 9.54. The molecule has 1 aliphatic carbocycles. The summed E-state index contributed by atoms with van der Waals surface area (Å²) in [7, 11) is 0. The van der Waals surface area contributed by atoms with E-state index < -0.39 is 29.4 Å². The lowest BCUT2D eigenvalue weighted by atomic mass is 9.85. The van der Waals surface area contributed by atoms with Crippen LogP contribution in [0.1, 0.15) is 63.9 Å². The molecule has 1 saturated carbocycles. The highest BCUT2D eigenvalue weighted by atomic mass is 16.9. The summed E-state index contributed by atoms with van der Waals surface area (Å²) in [4.78, 5) is 26.3. The molecule has 1 amide bonds. The van der Waals surface area contributed by atoms with Gasteiger partial charge in [0.2, 0.25) is 5.91 Å². The fourth-order valence-electron chi connectivity index (χ4n) is 4.73. The topological polar surface area (TPSA) is 142 Å². The first-order valence-electron chi connectivity index (χ1n) is 12.6. The van der Waals surface area contributed by atoms with Crippen LogP contribution in [-0.2, 0) is 16.1 Å². The molecule has 0 spiro atoms. The number of hydrogen-bond donors (Lipinski definition) is 4. The second-order valence-corrected chi connectivity index (χ2v) is 9.54. The summed E-state index contributed by atoms with van der Waals surface area (Å²) in [6, 6.07) is 9.61. The van der Waals surface area contributed by atoms with E-state index in [1.54, 1.807) is 6.92 Å². The van der Waals surface area contributed by atoms with Gasteiger partial charge in [0.05, 0.1) is 18.3 Å². The molecule has 0 heterocycles. The maximum Gasteiger partial charge on any atom is 0.294 e. The fraction of sp³-hybridized carbons (Fsp3) is 0.654. The Balaban J connectivity index is 1.66. The number of benzene rings is 1. The molecule has 196 valence electrons. The summed E-state index contributed by atoms with van der Waals surface area (Å²) >= 11 is 0. The molecule has 1 unspecified atom stereocenters. The monoisotopic (exact) mass is 492 g/mol. The van der Waals surface area contributed by atoms with Crippen LogP contribution < -0.4 is 5.32 Å². The van der Waals surface area contributed by atoms with Gasteiger partial charge in [-0.15, -0.1) is 10.1 Å². The largest absolute Gasteiger partial charge is 0.393 e. The first-order chi connectivity index (χ1) is 16.8. The second kappa shape index (κ2) is 15.5. The van der Waals surface area contributed by atoms with Crippen LogP contribution >= 0.6 is 0 Å². The van der Waals surface area contributed by atoms with Gasteiger partial charge >= 0.3 is 0 Å². The van der Waals surface area contributed by atoms with Crippen molar-refractivity contribution in [2.45, 2.75) is 89.1 Å². The molecule has 1 aromatic rings. The van der Waals surface area contributed by atoms with E-state index in [0.717, 1.165) is 6.42 Å². The standard InChI is InChI=1S/C26H40N2O7/c1-19(18-35-28(33)34)27-26(32)12-8-3-2-7-11-22-23(25(31)17-24(22)30)16-15-21(29)14-13-20-9-5-4-6-10-20/h2,4-7,9-10,19,21-25,29-31H,3,8,11-18H2,1H3,(H,27,32)/b7-2-/t19-,21+,22?,23-,24+,25-/m1/s1. The first-order valence-corrected chi connectivity index (χ1v) is 12.6. The number of amides is 1. The highest BCUT2D eigenvalue weighted by Gasteiger charge is 2.40. The van der Waals surface area contributed by atoms with Gasteiger partial charge in [-0.05, 0) is 75.7 Å². The van der Waals surface area contributed by atoms with Crippen LogP contribution in [0.4, 0.5) is 0 Å². The SMILES string of the molecule is C[C@H](CO[N+](=O)[O-])NC(=O)CCC/C=C\CC1[C@@H](CC[C@@H](O)CCc2ccccc2)[C@H](O)C[C@@H]1O. The van der Waals surface area contributed by atoms with Crippen molar-refractivity contribution in [3.63, 3.8) is 0 Å². The number of hydrogen-bond acceptors (Lipinski definition) is 7. The van der Waals surface area contributed by atoms with Crippen molar-refractivity contribution in [2.24, 2.45) is 11.8 Å². The Bertz CT molecular complexity index is 789. The Labute approximate surface area is 207 Å². The summed E-state index contributed by atoms with van der Waals surface area (Å²) < 4.78 is 0. The van der Waals surface area contributed by atoms with E-state index >= 15 is 0 Å². The van der Waals surface area contributed by atoms with E-state index in [4.69, 9.17) is 0 Å². The number of carbonyl (C=O) groups is 1. The molecule has 9 nitrogen and oxygen atoms in total. The van der Waals surface area contributed by atoms with Crippen molar-refractivity contribution in [1.29, 1.82) is 0 Å². The molecule has 0 radical (unpaired) electrons.